The number of ether oxygens (including phenoxy) is 1. The Hall–Kier alpha value is -3.03. The summed E-state index contributed by atoms with van der Waals surface area (Å²) in [6.45, 7) is 5.94. The molecule has 32 heavy (non-hydrogen) atoms. The van der Waals surface area contributed by atoms with Gasteiger partial charge in [0.15, 0.2) is 0 Å². The average molecular weight is 470 g/mol. The lowest BCUT2D eigenvalue weighted by molar-refractivity contribution is -0.118. The average Bonchev–Trinajstić information content (AvgIpc) is 3.05. The molecule has 0 spiro atoms. The van der Waals surface area contributed by atoms with E-state index in [0.29, 0.717) is 10.6 Å². The molecular formula is C24H24ClN3O3S. The van der Waals surface area contributed by atoms with Crippen molar-refractivity contribution in [3.63, 3.8) is 0 Å². The zero-order chi connectivity index (χ0) is 23.3. The quantitative estimate of drug-likeness (QED) is 0.226. The second kappa shape index (κ2) is 10.5. The third-order valence-electron chi connectivity index (χ3n) is 4.91. The van der Waals surface area contributed by atoms with Crippen LogP contribution in [0.25, 0.3) is 5.69 Å². The smallest absolute Gasteiger partial charge is 0.337 e. The van der Waals surface area contributed by atoms with Crippen LogP contribution in [-0.4, -0.2) is 35.5 Å². The van der Waals surface area contributed by atoms with Crippen LogP contribution >= 0.6 is 23.4 Å². The van der Waals surface area contributed by atoms with E-state index in [9.17, 15) is 9.59 Å². The van der Waals surface area contributed by atoms with Crippen LogP contribution in [-0.2, 0) is 9.53 Å². The van der Waals surface area contributed by atoms with Gasteiger partial charge in [-0.3, -0.25) is 4.79 Å². The van der Waals surface area contributed by atoms with E-state index in [4.69, 9.17) is 16.3 Å². The number of hydrogen-bond donors (Lipinski definition) is 1. The van der Waals surface area contributed by atoms with Crippen molar-refractivity contribution >= 4 is 41.5 Å². The van der Waals surface area contributed by atoms with Crippen molar-refractivity contribution in [2.75, 3.05) is 12.9 Å². The minimum atomic E-state index is -0.363. The highest BCUT2D eigenvalue weighted by molar-refractivity contribution is 8.00. The summed E-state index contributed by atoms with van der Waals surface area (Å²) in [5.74, 6) is -0.299. The Morgan fingerprint density at radius 2 is 1.84 bits per heavy atom. The molecule has 0 unspecified atom stereocenters. The fourth-order valence-corrected chi connectivity index (χ4v) is 4.14. The van der Waals surface area contributed by atoms with Gasteiger partial charge in [-0.05, 0) is 74.9 Å². The van der Waals surface area contributed by atoms with Gasteiger partial charge in [-0.25, -0.2) is 10.2 Å². The van der Waals surface area contributed by atoms with E-state index < -0.39 is 0 Å². The van der Waals surface area contributed by atoms with E-state index in [1.807, 2.05) is 51.1 Å². The summed E-state index contributed by atoms with van der Waals surface area (Å²) in [7, 11) is 1.37. The standard InChI is InChI=1S/C24H24ClN3O3S/c1-15-11-18(24(30)31-4)5-10-22(15)28-16(2)12-19(17(28)3)13-26-27-23(29)14-32-21-8-6-20(25)7-9-21/h5-13H,14H2,1-4H3,(H,27,29)/b26-13-. The molecule has 0 aliphatic heterocycles. The van der Waals surface area contributed by atoms with Crippen molar-refractivity contribution in [2.24, 2.45) is 5.10 Å². The van der Waals surface area contributed by atoms with Crippen LogP contribution < -0.4 is 5.43 Å². The molecule has 0 saturated carbocycles. The number of carbonyl (C=O) groups excluding carboxylic acids is 2. The van der Waals surface area contributed by atoms with Gasteiger partial charge in [0, 0.05) is 32.6 Å². The van der Waals surface area contributed by atoms with Gasteiger partial charge in [-0.1, -0.05) is 11.6 Å². The first-order valence-electron chi connectivity index (χ1n) is 9.88. The van der Waals surface area contributed by atoms with E-state index in [1.54, 1.807) is 24.4 Å². The van der Waals surface area contributed by atoms with Gasteiger partial charge in [0.2, 0.25) is 5.91 Å². The third-order valence-corrected chi connectivity index (χ3v) is 6.17. The number of hydrazone groups is 1. The highest BCUT2D eigenvalue weighted by Gasteiger charge is 2.14. The minimum Gasteiger partial charge on any atom is -0.465 e. The van der Waals surface area contributed by atoms with E-state index >= 15 is 0 Å². The van der Waals surface area contributed by atoms with E-state index in [-0.39, 0.29) is 17.6 Å². The Kier molecular flexibility index (Phi) is 7.77. The van der Waals surface area contributed by atoms with Crippen LogP contribution in [0.1, 0.15) is 32.9 Å². The van der Waals surface area contributed by atoms with Crippen molar-refractivity contribution in [1.29, 1.82) is 0 Å². The number of halogens is 1. The topological polar surface area (TPSA) is 72.7 Å². The van der Waals surface area contributed by atoms with Crippen molar-refractivity contribution in [3.8, 4) is 5.69 Å². The molecule has 0 radical (unpaired) electrons. The number of nitrogens with one attached hydrogen (secondary N) is 1. The molecule has 0 aliphatic rings. The highest BCUT2D eigenvalue weighted by Crippen LogP contribution is 2.24. The van der Waals surface area contributed by atoms with Gasteiger partial charge in [0.1, 0.15) is 0 Å². The second-order valence-electron chi connectivity index (χ2n) is 7.19. The summed E-state index contributed by atoms with van der Waals surface area (Å²) >= 11 is 7.29. The number of rotatable bonds is 7. The Labute approximate surface area is 196 Å². The van der Waals surface area contributed by atoms with E-state index in [2.05, 4.69) is 15.1 Å². The number of aryl methyl sites for hydroxylation is 2. The lowest BCUT2D eigenvalue weighted by Crippen LogP contribution is -2.19. The molecule has 2 aromatic carbocycles. The number of aromatic nitrogens is 1. The molecule has 3 rings (SSSR count). The first-order chi connectivity index (χ1) is 15.3. The number of carbonyl (C=O) groups is 2. The summed E-state index contributed by atoms with van der Waals surface area (Å²) in [5, 5.41) is 4.78. The minimum absolute atomic E-state index is 0.191. The van der Waals surface area contributed by atoms with Crippen LogP contribution in [0.5, 0.6) is 0 Å². The molecule has 0 atom stereocenters. The zero-order valence-corrected chi connectivity index (χ0v) is 19.9. The van der Waals surface area contributed by atoms with Crippen LogP contribution in [0.2, 0.25) is 5.02 Å². The van der Waals surface area contributed by atoms with Crippen LogP contribution in [0.4, 0.5) is 0 Å². The molecule has 1 amide bonds. The predicted octanol–water partition coefficient (Wildman–Crippen LogP) is 5.08. The summed E-state index contributed by atoms with van der Waals surface area (Å²) in [4.78, 5) is 24.8. The number of thioether (sulfide) groups is 1. The first-order valence-corrected chi connectivity index (χ1v) is 11.2. The molecule has 166 valence electrons. The molecule has 1 aromatic heterocycles. The van der Waals surface area contributed by atoms with Gasteiger partial charge < -0.3 is 9.30 Å². The van der Waals surface area contributed by atoms with Gasteiger partial charge in [-0.15, -0.1) is 11.8 Å². The Balaban J connectivity index is 1.68. The zero-order valence-electron chi connectivity index (χ0n) is 18.3. The monoisotopic (exact) mass is 469 g/mol. The number of esters is 1. The highest BCUT2D eigenvalue weighted by atomic mass is 35.5. The Morgan fingerprint density at radius 3 is 2.50 bits per heavy atom. The number of methoxy groups -OCH3 is 1. The molecule has 0 saturated heterocycles. The van der Waals surface area contributed by atoms with Crippen molar-refractivity contribution < 1.29 is 14.3 Å². The van der Waals surface area contributed by atoms with Crippen LogP contribution in [0.15, 0.2) is 58.5 Å². The van der Waals surface area contributed by atoms with Crippen LogP contribution in [0.3, 0.4) is 0 Å². The Morgan fingerprint density at radius 1 is 1.12 bits per heavy atom. The summed E-state index contributed by atoms with van der Waals surface area (Å²) in [6.07, 6.45) is 1.64. The predicted molar refractivity (Wildman–Crippen MR) is 129 cm³/mol. The number of hydrogen-bond acceptors (Lipinski definition) is 5. The van der Waals surface area contributed by atoms with E-state index in [0.717, 1.165) is 33.1 Å². The first kappa shape index (κ1) is 23.6. The van der Waals surface area contributed by atoms with E-state index in [1.165, 1.54) is 18.9 Å². The van der Waals surface area contributed by atoms with Crippen molar-refractivity contribution in [1.82, 2.24) is 9.99 Å². The maximum absolute atomic E-state index is 12.1. The SMILES string of the molecule is COC(=O)c1ccc(-n2c(C)cc(/C=N\NC(=O)CSc3ccc(Cl)cc3)c2C)c(C)c1. The fourth-order valence-electron chi connectivity index (χ4n) is 3.33. The normalized spacial score (nSPS) is 11.0. The largest absolute Gasteiger partial charge is 0.465 e. The fraction of sp³-hybridized carbons (Fsp3) is 0.208. The van der Waals surface area contributed by atoms with Gasteiger partial charge in [0.25, 0.3) is 0 Å². The number of amides is 1. The van der Waals surface area contributed by atoms with Crippen molar-refractivity contribution in [3.05, 3.63) is 81.6 Å². The molecule has 0 bridgehead atoms. The molecule has 8 heteroatoms. The molecule has 1 N–H and O–H groups in total. The van der Waals surface area contributed by atoms with Gasteiger partial charge >= 0.3 is 5.97 Å². The Bertz CT molecular complexity index is 1170. The van der Waals surface area contributed by atoms with Crippen LogP contribution in [0, 0.1) is 20.8 Å². The third kappa shape index (κ3) is 5.60. The molecule has 1 heterocycles. The lowest BCUT2D eigenvalue weighted by atomic mass is 10.1. The van der Waals surface area contributed by atoms with Crippen molar-refractivity contribution in [2.45, 2.75) is 25.7 Å². The van der Waals surface area contributed by atoms with Gasteiger partial charge in [0.05, 0.1) is 24.6 Å². The lowest BCUT2D eigenvalue weighted by Gasteiger charge is -2.13. The summed E-state index contributed by atoms with van der Waals surface area (Å²) in [6, 6.07) is 14.8. The molecule has 0 fully saturated rings. The molecular weight excluding hydrogens is 446 g/mol. The number of nitrogens with zero attached hydrogens (tertiary/aromatic N) is 2. The maximum Gasteiger partial charge on any atom is 0.337 e. The molecule has 3 aromatic rings. The van der Waals surface area contributed by atoms with Gasteiger partial charge in [-0.2, -0.15) is 5.10 Å². The summed E-state index contributed by atoms with van der Waals surface area (Å²) < 4.78 is 6.89. The molecule has 0 aliphatic carbocycles. The second-order valence-corrected chi connectivity index (χ2v) is 8.68. The molecule has 6 nitrogen and oxygen atoms in total. The number of benzene rings is 2. The summed E-state index contributed by atoms with van der Waals surface area (Å²) in [5.41, 5.74) is 7.88. The maximum atomic E-state index is 12.1.